The minimum atomic E-state index is -1.23. The van der Waals surface area contributed by atoms with E-state index < -0.39 is 34.6 Å². The molecule has 4 aliphatic rings. The second-order valence-electron chi connectivity index (χ2n) is 14.7. The molecule has 0 bridgehead atoms. The van der Waals surface area contributed by atoms with E-state index in [4.69, 9.17) is 5.26 Å². The monoisotopic (exact) mass is 520 g/mol. The summed E-state index contributed by atoms with van der Waals surface area (Å²) in [6.07, 6.45) is 9.47. The van der Waals surface area contributed by atoms with E-state index in [-0.39, 0.29) is 28.6 Å². The van der Waals surface area contributed by atoms with Gasteiger partial charge in [-0.05, 0) is 99.2 Å². The lowest BCUT2D eigenvalue weighted by Crippen LogP contribution is -2.60. The van der Waals surface area contributed by atoms with Crippen LogP contribution in [-0.2, 0) is 9.68 Å². The maximum absolute atomic E-state index is 12.5. The Labute approximate surface area is 223 Å². The molecule has 0 heterocycles. The van der Waals surface area contributed by atoms with E-state index in [2.05, 4.69) is 38.7 Å². The predicted molar refractivity (Wildman–Crippen MR) is 144 cm³/mol. The fraction of sp³-hybridized carbons (Fsp3) is 0.903. The summed E-state index contributed by atoms with van der Waals surface area (Å²) in [5.74, 6) is 0.271. The number of hydrogen-bond donors (Lipinski definition) is 4. The van der Waals surface area contributed by atoms with Crippen LogP contribution < -0.4 is 0 Å². The van der Waals surface area contributed by atoms with Crippen molar-refractivity contribution in [2.45, 2.75) is 125 Å². The Morgan fingerprint density at radius 2 is 1.76 bits per heavy atom. The van der Waals surface area contributed by atoms with Gasteiger partial charge in [-0.2, -0.15) is 0 Å². The fourth-order valence-corrected chi connectivity index (χ4v) is 10.7. The molecule has 4 N–H and O–H groups in total. The molecule has 37 heavy (non-hydrogen) atoms. The van der Waals surface area contributed by atoms with Gasteiger partial charge < -0.3 is 15.3 Å². The van der Waals surface area contributed by atoms with Gasteiger partial charge in [0.15, 0.2) is 0 Å². The molecule has 0 aromatic heterocycles. The molecule has 0 aromatic carbocycles. The first-order valence-corrected chi connectivity index (χ1v) is 14.6. The second-order valence-corrected chi connectivity index (χ2v) is 14.7. The van der Waals surface area contributed by atoms with Crippen LogP contribution in [0.1, 0.15) is 107 Å². The normalized spacial score (nSPS) is 50.5. The zero-order valence-electron chi connectivity index (χ0n) is 24.4. The molecule has 4 saturated carbocycles. The number of carboxylic acids is 1. The van der Waals surface area contributed by atoms with Gasteiger partial charge in [0.25, 0.3) is 0 Å². The van der Waals surface area contributed by atoms with E-state index in [1.54, 1.807) is 6.92 Å². The molecule has 6 heteroatoms. The van der Waals surface area contributed by atoms with E-state index in [0.717, 1.165) is 32.1 Å². The van der Waals surface area contributed by atoms with Crippen molar-refractivity contribution in [3.63, 3.8) is 0 Å². The molecule has 6 nitrogen and oxygen atoms in total. The lowest BCUT2D eigenvalue weighted by Gasteiger charge is -2.60. The van der Waals surface area contributed by atoms with Gasteiger partial charge in [0.1, 0.15) is 5.60 Å². The molecule has 11 atom stereocenters. The third-order valence-corrected chi connectivity index (χ3v) is 13.3. The number of aliphatic hydroxyl groups excluding tert-OH is 2. The Morgan fingerprint density at radius 1 is 1.11 bits per heavy atom. The van der Waals surface area contributed by atoms with Crippen molar-refractivity contribution in [3.8, 4) is 0 Å². The van der Waals surface area contributed by atoms with Crippen molar-refractivity contribution < 1.29 is 30.3 Å². The molecule has 0 saturated heterocycles. The largest absolute Gasteiger partial charge is 0.481 e. The summed E-state index contributed by atoms with van der Waals surface area (Å²) >= 11 is 0. The number of rotatable bonds is 7. The summed E-state index contributed by atoms with van der Waals surface area (Å²) in [6, 6.07) is 0. The molecular formula is C31H52O6. The number of carboxylic acid groups (broad SMARTS) is 1. The van der Waals surface area contributed by atoms with Gasteiger partial charge in [-0.25, -0.2) is 4.89 Å². The van der Waals surface area contributed by atoms with Gasteiger partial charge in [-0.3, -0.25) is 10.1 Å². The van der Waals surface area contributed by atoms with E-state index in [9.17, 15) is 20.1 Å². The molecule has 0 aliphatic heterocycles. The van der Waals surface area contributed by atoms with Crippen LogP contribution in [0.4, 0.5) is 0 Å². The zero-order chi connectivity index (χ0) is 27.8. The Hall–Kier alpha value is -0.950. The Kier molecular flexibility index (Phi) is 7.10. The molecular weight excluding hydrogens is 468 g/mol. The van der Waals surface area contributed by atoms with Crippen LogP contribution in [-0.4, -0.2) is 44.4 Å². The smallest absolute Gasteiger partial charge is 0.312 e. The standard InChI is InChI=1S/C31H52O6/c1-9-22-29(8,25(34)35)23(32)17-24(33)31(22)18-30(31)16-15-28(7)21(12-14-27(28,6)20(30)3)19(2)11-10-13-26(4,5)37-36/h10,13,19-24,32-33,36H,9,11-12,14-18H2,1-8H3,(H,34,35)/b13-10+/t19-,20+,21-,22+,23+,24+,27+,28-,29+,30+,31-/m1/s1. The molecule has 212 valence electrons. The average Bonchev–Trinajstić information content (AvgIpc) is 3.41. The van der Waals surface area contributed by atoms with Crippen molar-refractivity contribution in [2.24, 2.45) is 50.7 Å². The van der Waals surface area contributed by atoms with Crippen LogP contribution in [0.5, 0.6) is 0 Å². The predicted octanol–water partition coefficient (Wildman–Crippen LogP) is 6.31. The first-order chi connectivity index (χ1) is 17.0. The van der Waals surface area contributed by atoms with E-state index >= 15 is 0 Å². The summed E-state index contributed by atoms with van der Waals surface area (Å²) in [4.78, 5) is 17.1. The summed E-state index contributed by atoms with van der Waals surface area (Å²) in [7, 11) is 0. The van der Waals surface area contributed by atoms with Gasteiger partial charge in [0, 0.05) is 11.8 Å². The zero-order valence-corrected chi connectivity index (χ0v) is 24.4. The van der Waals surface area contributed by atoms with Gasteiger partial charge in [0.05, 0.1) is 17.6 Å². The van der Waals surface area contributed by atoms with Gasteiger partial charge in [0.2, 0.25) is 0 Å². The van der Waals surface area contributed by atoms with Gasteiger partial charge >= 0.3 is 5.97 Å². The van der Waals surface area contributed by atoms with E-state index in [0.29, 0.717) is 24.2 Å². The Bertz CT molecular complexity index is 931. The quantitative estimate of drug-likeness (QED) is 0.178. The topological polar surface area (TPSA) is 107 Å². The number of fused-ring (bicyclic) bond motifs is 2. The van der Waals surface area contributed by atoms with Crippen molar-refractivity contribution in [3.05, 3.63) is 12.2 Å². The molecule has 4 aliphatic carbocycles. The van der Waals surface area contributed by atoms with Crippen LogP contribution in [0, 0.1) is 50.7 Å². The molecule has 0 amide bonds. The minimum absolute atomic E-state index is 0.0707. The van der Waals surface area contributed by atoms with Crippen LogP contribution >= 0.6 is 0 Å². The highest BCUT2D eigenvalue weighted by Crippen LogP contribution is 2.86. The lowest BCUT2D eigenvalue weighted by molar-refractivity contribution is -0.297. The maximum atomic E-state index is 12.5. The highest BCUT2D eigenvalue weighted by molar-refractivity contribution is 5.76. The SMILES string of the molecule is CC[C@H]1[C@](C)(C(=O)O)[C@@H](O)C[C@H](O)[C@@]12C[C@]21CC[C@]2(C)[C@@H]([C@H](C)C/C=C/C(C)(C)OO)CC[C@@]2(C)[C@@H]1C. The van der Waals surface area contributed by atoms with Crippen LogP contribution in [0.2, 0.25) is 0 Å². The van der Waals surface area contributed by atoms with Gasteiger partial charge in [-0.1, -0.05) is 53.2 Å². The first-order valence-electron chi connectivity index (χ1n) is 14.6. The van der Waals surface area contributed by atoms with Crippen molar-refractivity contribution in [2.75, 3.05) is 0 Å². The molecule has 4 fully saturated rings. The summed E-state index contributed by atoms with van der Waals surface area (Å²) < 4.78 is 0. The number of carbonyl (C=O) groups is 1. The average molecular weight is 521 g/mol. The minimum Gasteiger partial charge on any atom is -0.481 e. The Balaban J connectivity index is 1.63. The van der Waals surface area contributed by atoms with E-state index in [1.807, 2.05) is 26.8 Å². The number of aliphatic hydroxyl groups is 2. The van der Waals surface area contributed by atoms with Crippen molar-refractivity contribution in [1.29, 1.82) is 0 Å². The fourth-order valence-electron chi connectivity index (χ4n) is 10.7. The Morgan fingerprint density at radius 3 is 2.32 bits per heavy atom. The molecule has 2 spiro atoms. The van der Waals surface area contributed by atoms with Crippen LogP contribution in [0.3, 0.4) is 0 Å². The van der Waals surface area contributed by atoms with Crippen LogP contribution in [0.25, 0.3) is 0 Å². The second kappa shape index (κ2) is 9.04. The molecule has 0 aromatic rings. The lowest BCUT2D eigenvalue weighted by atomic mass is 9.45. The van der Waals surface area contributed by atoms with Crippen molar-refractivity contribution in [1.82, 2.24) is 0 Å². The third kappa shape index (κ3) is 3.68. The molecule has 0 radical (unpaired) electrons. The maximum Gasteiger partial charge on any atom is 0.312 e. The molecule has 4 rings (SSSR count). The van der Waals surface area contributed by atoms with Gasteiger partial charge in [-0.15, -0.1) is 0 Å². The summed E-state index contributed by atoms with van der Waals surface area (Å²) in [5.41, 5.74) is -2.13. The number of allylic oxidation sites excluding steroid dienone is 1. The summed E-state index contributed by atoms with van der Waals surface area (Å²) in [5, 5.41) is 41.8. The molecule has 0 unspecified atom stereocenters. The highest BCUT2D eigenvalue weighted by atomic mass is 17.1. The number of aliphatic carboxylic acids is 1. The highest BCUT2D eigenvalue weighted by Gasteiger charge is 2.83. The van der Waals surface area contributed by atoms with Crippen LogP contribution in [0.15, 0.2) is 12.2 Å². The van der Waals surface area contributed by atoms with Crippen molar-refractivity contribution >= 4 is 5.97 Å². The third-order valence-electron chi connectivity index (χ3n) is 13.3. The van der Waals surface area contributed by atoms with E-state index in [1.165, 1.54) is 6.42 Å². The first kappa shape index (κ1) is 29.0. The summed E-state index contributed by atoms with van der Waals surface area (Å²) in [6.45, 7) is 17.1. The number of hydrogen-bond acceptors (Lipinski definition) is 5.